The molecular formula is C13H20N4O4. The van der Waals surface area contributed by atoms with Crippen LogP contribution in [0, 0.1) is 0 Å². The Labute approximate surface area is 123 Å². The monoisotopic (exact) mass is 296 g/mol. The fourth-order valence-corrected chi connectivity index (χ4v) is 2.00. The van der Waals surface area contributed by atoms with Crippen molar-refractivity contribution >= 4 is 12.1 Å². The van der Waals surface area contributed by atoms with Crippen LogP contribution >= 0.6 is 0 Å². The lowest BCUT2D eigenvalue weighted by Crippen LogP contribution is -2.47. The lowest BCUT2D eigenvalue weighted by Gasteiger charge is -2.28. The number of likely N-dealkylation sites (tertiary alicyclic amines) is 1. The molecule has 1 rings (SSSR count). The molecule has 1 heterocycles. The van der Waals surface area contributed by atoms with Gasteiger partial charge in [0.05, 0.1) is 6.04 Å². The van der Waals surface area contributed by atoms with Crippen molar-refractivity contribution in [2.45, 2.75) is 44.9 Å². The number of azide groups is 1. The maximum Gasteiger partial charge on any atom is 0.411 e. The van der Waals surface area contributed by atoms with Gasteiger partial charge >= 0.3 is 12.1 Å². The molecule has 1 aliphatic rings. The van der Waals surface area contributed by atoms with E-state index in [0.29, 0.717) is 6.42 Å². The molecule has 1 aliphatic heterocycles. The van der Waals surface area contributed by atoms with Crippen LogP contribution in [0.4, 0.5) is 4.79 Å². The molecule has 0 unspecified atom stereocenters. The summed E-state index contributed by atoms with van der Waals surface area (Å²) in [5.41, 5.74) is 7.89. The molecule has 0 aromatic carbocycles. The van der Waals surface area contributed by atoms with Gasteiger partial charge in [-0.15, -0.1) is 0 Å². The summed E-state index contributed by atoms with van der Waals surface area (Å²) in [4.78, 5) is 28.2. The fraction of sp³-hybridized carbons (Fsp3) is 0.692. The van der Waals surface area contributed by atoms with Gasteiger partial charge in [-0.3, -0.25) is 4.90 Å². The van der Waals surface area contributed by atoms with Gasteiger partial charge in [0.2, 0.25) is 0 Å². The Balaban J connectivity index is 2.90. The predicted molar refractivity (Wildman–Crippen MR) is 75.4 cm³/mol. The van der Waals surface area contributed by atoms with E-state index in [1.807, 2.05) is 0 Å². The SMILES string of the molecule is C=CCOC(=O)[C@@H]1[C@@H](N=[N+]=[N-])CCN1C(=O)OC(C)(C)C. The lowest BCUT2D eigenvalue weighted by atomic mass is 10.1. The molecule has 116 valence electrons. The van der Waals surface area contributed by atoms with Crippen molar-refractivity contribution in [3.05, 3.63) is 23.1 Å². The highest BCUT2D eigenvalue weighted by atomic mass is 16.6. The van der Waals surface area contributed by atoms with E-state index in [4.69, 9.17) is 15.0 Å². The molecule has 1 fully saturated rings. The topological polar surface area (TPSA) is 105 Å². The van der Waals surface area contributed by atoms with E-state index < -0.39 is 29.7 Å². The van der Waals surface area contributed by atoms with E-state index in [1.54, 1.807) is 20.8 Å². The molecule has 8 nitrogen and oxygen atoms in total. The summed E-state index contributed by atoms with van der Waals surface area (Å²) in [6, 6.07) is -1.62. The summed E-state index contributed by atoms with van der Waals surface area (Å²) in [6.45, 7) is 8.95. The van der Waals surface area contributed by atoms with Crippen LogP contribution in [0.25, 0.3) is 10.4 Å². The van der Waals surface area contributed by atoms with Gasteiger partial charge in [-0.25, -0.2) is 9.59 Å². The van der Waals surface area contributed by atoms with E-state index in [9.17, 15) is 9.59 Å². The van der Waals surface area contributed by atoms with Gasteiger partial charge in [0, 0.05) is 11.5 Å². The van der Waals surface area contributed by atoms with Crippen molar-refractivity contribution in [2.24, 2.45) is 5.11 Å². The van der Waals surface area contributed by atoms with Crippen LogP contribution in [-0.2, 0) is 14.3 Å². The van der Waals surface area contributed by atoms with Crippen LogP contribution in [0.2, 0.25) is 0 Å². The molecule has 0 aromatic heterocycles. The quantitative estimate of drug-likeness (QED) is 0.261. The molecule has 2 atom stereocenters. The lowest BCUT2D eigenvalue weighted by molar-refractivity contribution is -0.147. The van der Waals surface area contributed by atoms with Gasteiger partial charge in [0.25, 0.3) is 0 Å². The number of rotatable bonds is 4. The van der Waals surface area contributed by atoms with Gasteiger partial charge < -0.3 is 9.47 Å². The zero-order valence-electron chi connectivity index (χ0n) is 12.5. The normalized spacial score (nSPS) is 21.4. The third-order valence-corrected chi connectivity index (χ3v) is 2.78. The van der Waals surface area contributed by atoms with Crippen LogP contribution in [0.5, 0.6) is 0 Å². The van der Waals surface area contributed by atoms with E-state index in [1.165, 1.54) is 11.0 Å². The second-order valence-electron chi connectivity index (χ2n) is 5.60. The maximum absolute atomic E-state index is 12.1. The Morgan fingerprint density at radius 2 is 2.19 bits per heavy atom. The summed E-state index contributed by atoms with van der Waals surface area (Å²) in [6.07, 6.45) is 1.18. The first-order chi connectivity index (χ1) is 9.80. The van der Waals surface area contributed by atoms with Gasteiger partial charge in [0.1, 0.15) is 18.2 Å². The Hall–Kier alpha value is -2.21. The smallest absolute Gasteiger partial charge is 0.411 e. The number of nitrogens with zero attached hydrogens (tertiary/aromatic N) is 4. The summed E-state index contributed by atoms with van der Waals surface area (Å²) >= 11 is 0. The van der Waals surface area contributed by atoms with E-state index in [2.05, 4.69) is 16.6 Å². The molecule has 0 aliphatic carbocycles. The van der Waals surface area contributed by atoms with Crippen molar-refractivity contribution in [1.82, 2.24) is 4.90 Å². The van der Waals surface area contributed by atoms with Crippen LogP contribution in [0.1, 0.15) is 27.2 Å². The number of hydrogen-bond acceptors (Lipinski definition) is 5. The molecule has 21 heavy (non-hydrogen) atoms. The standard InChI is InChI=1S/C13H20N4O4/c1-5-8-20-11(18)10-9(15-16-14)6-7-17(10)12(19)21-13(2,3)4/h5,9-10H,1,6-8H2,2-4H3/t9-,10-/m0/s1. The molecule has 0 spiro atoms. The van der Waals surface area contributed by atoms with Gasteiger partial charge in [-0.05, 0) is 32.7 Å². The number of ether oxygens (including phenoxy) is 2. The number of carbonyl (C=O) groups excluding carboxylic acids is 2. The first-order valence-corrected chi connectivity index (χ1v) is 6.61. The average Bonchev–Trinajstić information content (AvgIpc) is 2.78. The van der Waals surface area contributed by atoms with Crippen molar-refractivity contribution in [2.75, 3.05) is 13.2 Å². The second kappa shape index (κ2) is 6.99. The molecule has 0 radical (unpaired) electrons. The van der Waals surface area contributed by atoms with Crippen LogP contribution in [0.15, 0.2) is 17.8 Å². The number of carbonyl (C=O) groups is 2. The molecule has 0 saturated carbocycles. The molecule has 1 amide bonds. The highest BCUT2D eigenvalue weighted by molar-refractivity contribution is 5.83. The Bertz CT molecular complexity index is 465. The molecule has 8 heteroatoms. The van der Waals surface area contributed by atoms with Gasteiger partial charge in [-0.1, -0.05) is 17.8 Å². The third-order valence-electron chi connectivity index (χ3n) is 2.78. The summed E-state index contributed by atoms with van der Waals surface area (Å²) in [5.74, 6) is -0.629. The van der Waals surface area contributed by atoms with Crippen LogP contribution in [0.3, 0.4) is 0 Å². The van der Waals surface area contributed by atoms with E-state index >= 15 is 0 Å². The highest BCUT2D eigenvalue weighted by Crippen LogP contribution is 2.25. The minimum Gasteiger partial charge on any atom is -0.460 e. The van der Waals surface area contributed by atoms with E-state index in [0.717, 1.165) is 0 Å². The Morgan fingerprint density at radius 1 is 1.52 bits per heavy atom. The van der Waals surface area contributed by atoms with Crippen LogP contribution in [-0.4, -0.2) is 47.8 Å². The first kappa shape index (κ1) is 16.8. The minimum atomic E-state index is -0.962. The van der Waals surface area contributed by atoms with Crippen molar-refractivity contribution in [1.29, 1.82) is 0 Å². The summed E-state index contributed by atoms with van der Waals surface area (Å²) in [5, 5.41) is 3.57. The van der Waals surface area contributed by atoms with E-state index in [-0.39, 0.29) is 13.2 Å². The Morgan fingerprint density at radius 3 is 2.71 bits per heavy atom. The summed E-state index contributed by atoms with van der Waals surface area (Å²) < 4.78 is 10.2. The van der Waals surface area contributed by atoms with Crippen molar-refractivity contribution < 1.29 is 19.1 Å². The first-order valence-electron chi connectivity index (χ1n) is 6.61. The molecule has 1 saturated heterocycles. The third kappa shape index (κ3) is 4.68. The van der Waals surface area contributed by atoms with Gasteiger partial charge in [-0.2, -0.15) is 0 Å². The van der Waals surface area contributed by atoms with Gasteiger partial charge in [0.15, 0.2) is 0 Å². The zero-order valence-corrected chi connectivity index (χ0v) is 12.5. The number of esters is 1. The van der Waals surface area contributed by atoms with Crippen molar-refractivity contribution in [3.8, 4) is 0 Å². The average molecular weight is 296 g/mol. The molecular weight excluding hydrogens is 276 g/mol. The largest absolute Gasteiger partial charge is 0.460 e. The zero-order chi connectivity index (χ0) is 16.0. The number of amides is 1. The minimum absolute atomic E-state index is 0.0283. The highest BCUT2D eigenvalue weighted by Gasteiger charge is 2.44. The van der Waals surface area contributed by atoms with Crippen LogP contribution < -0.4 is 0 Å². The Kier molecular flexibility index (Phi) is 5.60. The summed E-state index contributed by atoms with van der Waals surface area (Å²) in [7, 11) is 0. The second-order valence-corrected chi connectivity index (χ2v) is 5.60. The fourth-order valence-electron chi connectivity index (χ4n) is 2.00. The molecule has 0 N–H and O–H groups in total. The van der Waals surface area contributed by atoms with Crippen molar-refractivity contribution in [3.63, 3.8) is 0 Å². The molecule has 0 aromatic rings. The number of hydrogen-bond donors (Lipinski definition) is 0. The molecule has 0 bridgehead atoms. The maximum atomic E-state index is 12.1. The predicted octanol–water partition coefficient (Wildman–Crippen LogP) is 2.40.